The molecule has 2 aromatic heterocycles. The van der Waals surface area contributed by atoms with Crippen LogP contribution in [0.15, 0.2) is 41.6 Å². The number of hydrogen-bond donors (Lipinski definition) is 2. The van der Waals surface area contributed by atoms with E-state index in [0.29, 0.717) is 0 Å². The van der Waals surface area contributed by atoms with Crippen molar-refractivity contribution in [1.29, 1.82) is 0 Å². The van der Waals surface area contributed by atoms with Crippen LogP contribution in [-0.4, -0.2) is 26.5 Å². The number of aromatic carboxylic acids is 1. The predicted molar refractivity (Wildman–Crippen MR) is 70.8 cm³/mol. The van der Waals surface area contributed by atoms with Crippen LogP contribution in [0.2, 0.25) is 0 Å². The van der Waals surface area contributed by atoms with E-state index in [0.717, 1.165) is 0 Å². The van der Waals surface area contributed by atoms with Gasteiger partial charge in [-0.3, -0.25) is 14.6 Å². The van der Waals surface area contributed by atoms with Gasteiger partial charge in [0.15, 0.2) is 0 Å². The zero-order chi connectivity index (χ0) is 14.7. The average Bonchev–Trinajstić information content (AvgIpc) is 2.42. The number of hydrogen-bond acceptors (Lipinski definition) is 4. The second-order valence-electron chi connectivity index (χ2n) is 4.05. The number of aromatic nitrogens is 2. The van der Waals surface area contributed by atoms with Gasteiger partial charge in [-0.05, 0) is 12.1 Å². The molecular formula is C13H11N3O4. The first-order chi connectivity index (χ1) is 9.49. The highest BCUT2D eigenvalue weighted by molar-refractivity contribution is 6.07. The summed E-state index contributed by atoms with van der Waals surface area (Å²) in [6, 6.07) is 3.92. The summed E-state index contributed by atoms with van der Waals surface area (Å²) < 4.78 is 1.32. The van der Waals surface area contributed by atoms with Gasteiger partial charge in [-0.15, -0.1) is 0 Å². The predicted octanol–water partition coefficient (Wildman–Crippen LogP) is 0.731. The molecule has 7 heteroatoms. The summed E-state index contributed by atoms with van der Waals surface area (Å²) in [6.07, 6.45) is 4.01. The maximum atomic E-state index is 12.0. The lowest BCUT2D eigenvalue weighted by Gasteiger charge is -2.07. The summed E-state index contributed by atoms with van der Waals surface area (Å²) in [5.74, 6) is -1.75. The molecule has 20 heavy (non-hydrogen) atoms. The van der Waals surface area contributed by atoms with Crippen LogP contribution >= 0.6 is 0 Å². The Morgan fingerprint density at radius 1 is 1.35 bits per heavy atom. The largest absolute Gasteiger partial charge is 0.478 e. The Balaban J connectivity index is 2.30. The Labute approximate surface area is 113 Å². The van der Waals surface area contributed by atoms with Crippen LogP contribution in [0.5, 0.6) is 0 Å². The van der Waals surface area contributed by atoms with Gasteiger partial charge >= 0.3 is 5.97 Å². The van der Waals surface area contributed by atoms with Gasteiger partial charge in [-0.1, -0.05) is 0 Å². The van der Waals surface area contributed by atoms with Crippen molar-refractivity contribution in [3.8, 4) is 0 Å². The summed E-state index contributed by atoms with van der Waals surface area (Å²) in [4.78, 5) is 38.2. The second kappa shape index (κ2) is 5.35. The Morgan fingerprint density at radius 2 is 2.10 bits per heavy atom. The van der Waals surface area contributed by atoms with E-state index in [-0.39, 0.29) is 22.4 Å². The molecule has 0 radical (unpaired) electrons. The molecule has 0 atom stereocenters. The summed E-state index contributed by atoms with van der Waals surface area (Å²) in [5.41, 5.74) is -0.182. The molecule has 2 N–H and O–H groups in total. The molecule has 0 saturated heterocycles. The zero-order valence-corrected chi connectivity index (χ0v) is 10.5. The third-order valence-corrected chi connectivity index (χ3v) is 2.67. The molecule has 0 saturated carbocycles. The fraction of sp³-hybridized carbons (Fsp3) is 0.0769. The van der Waals surface area contributed by atoms with E-state index in [1.807, 2.05) is 0 Å². The molecule has 0 aliphatic heterocycles. The Bertz CT molecular complexity index is 736. The van der Waals surface area contributed by atoms with Crippen molar-refractivity contribution in [2.75, 3.05) is 5.32 Å². The Kier molecular flexibility index (Phi) is 3.60. The van der Waals surface area contributed by atoms with E-state index in [1.165, 1.54) is 41.4 Å². The monoisotopic (exact) mass is 273 g/mol. The maximum absolute atomic E-state index is 12.0. The van der Waals surface area contributed by atoms with Gasteiger partial charge in [0.2, 0.25) is 0 Å². The third-order valence-electron chi connectivity index (χ3n) is 2.67. The quantitative estimate of drug-likeness (QED) is 0.858. The van der Waals surface area contributed by atoms with Gasteiger partial charge in [-0.2, -0.15) is 0 Å². The molecule has 0 aliphatic carbocycles. The highest BCUT2D eigenvalue weighted by atomic mass is 16.4. The number of carbonyl (C=O) groups excluding carboxylic acids is 1. The number of nitrogens with zero attached hydrogens (tertiary/aromatic N) is 2. The lowest BCUT2D eigenvalue weighted by Crippen LogP contribution is -2.20. The average molecular weight is 273 g/mol. The molecule has 0 bridgehead atoms. The van der Waals surface area contributed by atoms with Gasteiger partial charge in [0.25, 0.3) is 11.5 Å². The van der Waals surface area contributed by atoms with Crippen LogP contribution in [0.3, 0.4) is 0 Å². The van der Waals surface area contributed by atoms with Crippen LogP contribution in [0, 0.1) is 0 Å². The molecule has 102 valence electrons. The van der Waals surface area contributed by atoms with Crippen LogP contribution < -0.4 is 10.9 Å². The lowest BCUT2D eigenvalue weighted by molar-refractivity contribution is 0.0698. The summed E-state index contributed by atoms with van der Waals surface area (Å²) >= 11 is 0. The van der Waals surface area contributed by atoms with Crippen molar-refractivity contribution < 1.29 is 14.7 Å². The van der Waals surface area contributed by atoms with Crippen molar-refractivity contribution in [2.45, 2.75) is 0 Å². The van der Waals surface area contributed by atoms with Crippen molar-refractivity contribution in [3.05, 3.63) is 58.3 Å². The Morgan fingerprint density at radius 3 is 2.75 bits per heavy atom. The Hall–Kier alpha value is -2.96. The van der Waals surface area contributed by atoms with Crippen LogP contribution in [0.4, 0.5) is 5.69 Å². The number of nitrogens with one attached hydrogen (secondary N) is 1. The van der Waals surface area contributed by atoms with E-state index >= 15 is 0 Å². The molecule has 2 rings (SSSR count). The van der Waals surface area contributed by atoms with Gasteiger partial charge in [0, 0.05) is 31.1 Å². The minimum atomic E-state index is -1.17. The fourth-order valence-electron chi connectivity index (χ4n) is 1.56. The summed E-state index contributed by atoms with van der Waals surface area (Å²) in [5, 5.41) is 11.4. The molecule has 0 aliphatic rings. The molecular weight excluding hydrogens is 262 g/mol. The highest BCUT2D eigenvalue weighted by Gasteiger charge is 2.13. The summed E-state index contributed by atoms with van der Waals surface area (Å²) in [7, 11) is 1.56. The van der Waals surface area contributed by atoms with Gasteiger partial charge in [0.1, 0.15) is 0 Å². The van der Waals surface area contributed by atoms with E-state index in [2.05, 4.69) is 10.3 Å². The van der Waals surface area contributed by atoms with Crippen molar-refractivity contribution in [1.82, 2.24) is 9.55 Å². The van der Waals surface area contributed by atoms with Gasteiger partial charge in [-0.25, -0.2) is 4.79 Å². The minimum Gasteiger partial charge on any atom is -0.478 e. The van der Waals surface area contributed by atoms with Crippen molar-refractivity contribution in [2.24, 2.45) is 7.05 Å². The maximum Gasteiger partial charge on any atom is 0.337 e. The summed E-state index contributed by atoms with van der Waals surface area (Å²) in [6.45, 7) is 0. The molecule has 0 fully saturated rings. The molecule has 1 amide bonds. The number of anilines is 1. The first-order valence-corrected chi connectivity index (χ1v) is 5.64. The SMILES string of the molecule is Cn1ccc(C(=O)Nc2cnccc2C(=O)O)cc1=O. The first-order valence-electron chi connectivity index (χ1n) is 5.64. The lowest BCUT2D eigenvalue weighted by atomic mass is 10.2. The molecule has 0 unspecified atom stereocenters. The topological polar surface area (TPSA) is 101 Å². The molecule has 0 aromatic carbocycles. The fourth-order valence-corrected chi connectivity index (χ4v) is 1.56. The number of pyridine rings is 2. The number of carboxylic acids is 1. The number of carboxylic acid groups (broad SMARTS) is 1. The number of carbonyl (C=O) groups is 2. The molecule has 2 aromatic rings. The highest BCUT2D eigenvalue weighted by Crippen LogP contribution is 2.14. The molecule has 7 nitrogen and oxygen atoms in total. The van der Waals surface area contributed by atoms with Crippen molar-refractivity contribution in [3.63, 3.8) is 0 Å². The molecule has 0 spiro atoms. The smallest absolute Gasteiger partial charge is 0.337 e. The van der Waals surface area contributed by atoms with Crippen LogP contribution in [-0.2, 0) is 7.05 Å². The van der Waals surface area contributed by atoms with Gasteiger partial charge in [0.05, 0.1) is 17.4 Å². The number of amides is 1. The van der Waals surface area contributed by atoms with E-state index in [1.54, 1.807) is 7.05 Å². The van der Waals surface area contributed by atoms with E-state index in [9.17, 15) is 14.4 Å². The van der Waals surface area contributed by atoms with Crippen molar-refractivity contribution >= 4 is 17.6 Å². The number of rotatable bonds is 3. The van der Waals surface area contributed by atoms with Crippen LogP contribution in [0.1, 0.15) is 20.7 Å². The van der Waals surface area contributed by atoms with Gasteiger partial charge < -0.3 is 15.0 Å². The third kappa shape index (κ3) is 2.72. The first kappa shape index (κ1) is 13.5. The second-order valence-corrected chi connectivity index (χ2v) is 4.05. The standard InChI is InChI=1S/C13H11N3O4/c1-16-5-3-8(6-11(16)17)12(18)15-10-7-14-4-2-9(10)13(19)20/h2-7H,1H3,(H,15,18)(H,19,20). The number of aryl methyl sites for hydroxylation is 1. The van der Waals surface area contributed by atoms with Crippen LogP contribution in [0.25, 0.3) is 0 Å². The van der Waals surface area contributed by atoms with E-state index in [4.69, 9.17) is 5.11 Å². The minimum absolute atomic E-state index is 0.0721. The normalized spacial score (nSPS) is 10.1. The molecule has 2 heterocycles. The van der Waals surface area contributed by atoms with E-state index < -0.39 is 11.9 Å². The zero-order valence-electron chi connectivity index (χ0n) is 10.5.